The molecule has 0 aliphatic carbocycles. The fourth-order valence-electron chi connectivity index (χ4n) is 3.31. The van der Waals surface area contributed by atoms with Gasteiger partial charge >= 0.3 is 0 Å². The number of methoxy groups -OCH3 is 1. The Morgan fingerprint density at radius 1 is 1.15 bits per heavy atom. The molecule has 0 saturated carbocycles. The Morgan fingerprint density at radius 3 is 2.26 bits per heavy atom. The van der Waals surface area contributed by atoms with Crippen LogP contribution in [0.5, 0.6) is 0 Å². The minimum Gasteiger partial charge on any atom is -0.378 e. The number of hydrogen-bond donors (Lipinski definition) is 0. The predicted molar refractivity (Wildman–Crippen MR) is 122 cm³/mol. The van der Waals surface area contributed by atoms with Crippen molar-refractivity contribution in [2.75, 3.05) is 32.0 Å². The summed E-state index contributed by atoms with van der Waals surface area (Å²) in [6, 6.07) is 1.09. The normalized spacial score (nSPS) is 21.0. The van der Waals surface area contributed by atoms with E-state index in [0.29, 0.717) is 12.5 Å². The molecule has 1 rings (SSSR count). The summed E-state index contributed by atoms with van der Waals surface area (Å²) in [5.41, 5.74) is 0. The van der Waals surface area contributed by atoms with Crippen LogP contribution in [0.25, 0.3) is 0 Å². The maximum absolute atomic E-state index is 11.7. The van der Waals surface area contributed by atoms with Gasteiger partial charge in [-0.05, 0) is 42.2 Å². The van der Waals surface area contributed by atoms with Crippen LogP contribution in [0.2, 0.25) is 25.7 Å². The first kappa shape index (κ1) is 25.5. The molecule has 4 nitrogen and oxygen atoms in total. The van der Waals surface area contributed by atoms with E-state index in [-0.39, 0.29) is 22.9 Å². The molecule has 0 aromatic heterocycles. The smallest absolute Gasteiger partial charge is 0.151 e. The zero-order valence-corrected chi connectivity index (χ0v) is 20.9. The molecule has 0 aromatic carbocycles. The van der Waals surface area contributed by atoms with Crippen LogP contribution in [0.3, 0.4) is 0 Å². The molecule has 1 saturated heterocycles. The molecule has 1 aliphatic heterocycles. The number of carbonyl (C=O) groups is 1. The van der Waals surface area contributed by atoms with Crippen molar-refractivity contribution < 1.29 is 19.0 Å². The van der Waals surface area contributed by atoms with Gasteiger partial charge in [-0.15, -0.1) is 23.5 Å². The second kappa shape index (κ2) is 12.2. The molecular formula is C20H40O4S2Si. The Hall–Kier alpha value is 0.467. The lowest BCUT2D eigenvalue weighted by atomic mass is 9.91. The van der Waals surface area contributed by atoms with Crippen LogP contribution in [0.15, 0.2) is 0 Å². The third-order valence-corrected chi connectivity index (χ3v) is 10.7. The van der Waals surface area contributed by atoms with E-state index in [2.05, 4.69) is 63.9 Å². The third-order valence-electron chi connectivity index (χ3n) is 5.10. The average Bonchev–Trinajstić information content (AvgIpc) is 2.60. The van der Waals surface area contributed by atoms with Crippen LogP contribution >= 0.6 is 23.5 Å². The first-order valence-corrected chi connectivity index (χ1v) is 15.8. The summed E-state index contributed by atoms with van der Waals surface area (Å²) in [6.07, 6.45) is 2.33. The number of hydrogen-bond acceptors (Lipinski definition) is 6. The van der Waals surface area contributed by atoms with Crippen LogP contribution in [-0.2, 0) is 19.0 Å². The summed E-state index contributed by atoms with van der Waals surface area (Å²) in [5, 5.41) is 0. The van der Waals surface area contributed by atoms with Crippen molar-refractivity contribution in [3.8, 4) is 0 Å². The topological polar surface area (TPSA) is 44.8 Å². The minimum atomic E-state index is -1.11. The molecule has 7 heteroatoms. The molecule has 27 heavy (non-hydrogen) atoms. The molecule has 0 bridgehead atoms. The van der Waals surface area contributed by atoms with Crippen molar-refractivity contribution in [2.24, 2.45) is 11.8 Å². The number of rotatable bonds is 13. The lowest BCUT2D eigenvalue weighted by Crippen LogP contribution is -2.42. The van der Waals surface area contributed by atoms with Crippen LogP contribution in [0, 0.1) is 11.8 Å². The van der Waals surface area contributed by atoms with E-state index in [4.69, 9.17) is 14.2 Å². The quantitative estimate of drug-likeness (QED) is 0.172. The summed E-state index contributed by atoms with van der Waals surface area (Å²) in [5.74, 6) is 3.24. The van der Waals surface area contributed by atoms with E-state index >= 15 is 0 Å². The van der Waals surface area contributed by atoms with Crippen molar-refractivity contribution in [1.29, 1.82) is 0 Å². The molecule has 160 valence electrons. The van der Waals surface area contributed by atoms with Gasteiger partial charge in [-0.1, -0.05) is 40.4 Å². The summed E-state index contributed by atoms with van der Waals surface area (Å²) >= 11 is 4.16. The van der Waals surface area contributed by atoms with Crippen molar-refractivity contribution in [3.63, 3.8) is 0 Å². The molecule has 0 aromatic rings. The molecule has 0 radical (unpaired) electrons. The monoisotopic (exact) mass is 436 g/mol. The second-order valence-electron chi connectivity index (χ2n) is 9.00. The van der Waals surface area contributed by atoms with Gasteiger partial charge in [-0.3, -0.25) is 0 Å². The SMILES string of the molecule is CO[C@@H]([C@H](C)CC1(C(C)C)SCCCS1)[C@H](C=O)OCOCC[Si](C)(C)C. The number of thioether (sulfide) groups is 2. The van der Waals surface area contributed by atoms with Gasteiger partial charge in [0.05, 0.1) is 10.2 Å². The lowest BCUT2D eigenvalue weighted by molar-refractivity contribution is -0.153. The Morgan fingerprint density at radius 2 is 1.78 bits per heavy atom. The van der Waals surface area contributed by atoms with Crippen molar-refractivity contribution in [2.45, 2.75) is 75.6 Å². The maximum Gasteiger partial charge on any atom is 0.151 e. The molecular weight excluding hydrogens is 396 g/mol. The zero-order chi connectivity index (χ0) is 20.5. The molecule has 3 atom stereocenters. The summed E-state index contributed by atoms with van der Waals surface area (Å²) in [7, 11) is 0.564. The molecule has 0 unspecified atom stereocenters. The van der Waals surface area contributed by atoms with Gasteiger partial charge in [0.15, 0.2) is 6.29 Å². The molecule has 1 aliphatic rings. The Balaban J connectivity index is 2.59. The Labute approximate surface area is 176 Å². The molecule has 1 fully saturated rings. The average molecular weight is 437 g/mol. The fraction of sp³-hybridized carbons (Fsp3) is 0.950. The van der Waals surface area contributed by atoms with Gasteiger partial charge in [-0.25, -0.2) is 0 Å². The minimum absolute atomic E-state index is 0.152. The van der Waals surface area contributed by atoms with E-state index in [1.165, 1.54) is 17.9 Å². The number of aldehydes is 1. The summed E-state index contributed by atoms with van der Waals surface area (Å²) in [6.45, 7) is 14.6. The molecule has 1 heterocycles. The van der Waals surface area contributed by atoms with Gasteiger partial charge < -0.3 is 19.0 Å². The van der Waals surface area contributed by atoms with E-state index in [0.717, 1.165) is 18.8 Å². The Bertz CT molecular complexity index is 423. The van der Waals surface area contributed by atoms with Crippen LogP contribution in [-0.4, -0.2) is 62.7 Å². The van der Waals surface area contributed by atoms with E-state index in [1.807, 2.05) is 0 Å². The van der Waals surface area contributed by atoms with Crippen molar-refractivity contribution >= 4 is 37.9 Å². The highest BCUT2D eigenvalue weighted by molar-refractivity contribution is 8.18. The summed E-state index contributed by atoms with van der Waals surface area (Å²) in [4.78, 5) is 11.7. The van der Waals surface area contributed by atoms with Crippen LogP contribution < -0.4 is 0 Å². The van der Waals surface area contributed by atoms with Crippen LogP contribution in [0.1, 0.15) is 33.6 Å². The Kier molecular flexibility index (Phi) is 11.6. The lowest BCUT2D eigenvalue weighted by Gasteiger charge is -2.43. The third kappa shape index (κ3) is 8.79. The molecule has 0 spiro atoms. The highest BCUT2D eigenvalue weighted by Gasteiger charge is 2.41. The van der Waals surface area contributed by atoms with Gasteiger partial charge in [-0.2, -0.15) is 0 Å². The van der Waals surface area contributed by atoms with E-state index in [9.17, 15) is 4.79 Å². The largest absolute Gasteiger partial charge is 0.378 e. The maximum atomic E-state index is 11.7. The van der Waals surface area contributed by atoms with Crippen LogP contribution in [0.4, 0.5) is 0 Å². The highest BCUT2D eigenvalue weighted by atomic mass is 32.2. The van der Waals surface area contributed by atoms with Gasteiger partial charge in [0.25, 0.3) is 0 Å². The zero-order valence-electron chi connectivity index (χ0n) is 18.3. The summed E-state index contributed by atoms with van der Waals surface area (Å²) < 4.78 is 17.3. The first-order chi connectivity index (χ1) is 12.6. The van der Waals surface area contributed by atoms with Crippen molar-refractivity contribution in [3.05, 3.63) is 0 Å². The fourth-order valence-corrected chi connectivity index (χ4v) is 7.78. The predicted octanol–water partition coefficient (Wildman–Crippen LogP) is 5.15. The van der Waals surface area contributed by atoms with Gasteiger partial charge in [0.1, 0.15) is 12.9 Å². The van der Waals surface area contributed by atoms with E-state index in [1.54, 1.807) is 7.11 Å². The van der Waals surface area contributed by atoms with Gasteiger partial charge in [0.2, 0.25) is 0 Å². The number of ether oxygens (including phenoxy) is 3. The van der Waals surface area contributed by atoms with Gasteiger partial charge in [0, 0.05) is 21.8 Å². The van der Waals surface area contributed by atoms with Crippen molar-refractivity contribution in [1.82, 2.24) is 0 Å². The molecule has 0 amide bonds. The molecule has 0 N–H and O–H groups in total. The highest BCUT2D eigenvalue weighted by Crippen LogP contribution is 2.51. The van der Waals surface area contributed by atoms with E-state index < -0.39 is 14.2 Å². The second-order valence-corrected chi connectivity index (χ2v) is 17.7. The standard InChI is InChI=1S/C20H40O4S2Si/c1-16(2)20(25-10-8-11-26-20)13-17(3)19(22-4)18(14-21)24-15-23-9-12-27(5,6)7/h14,16-19H,8-13,15H2,1-7H3/t17-,18+,19+/m1/s1. The first-order valence-electron chi connectivity index (χ1n) is 10.1. The number of carbonyl (C=O) groups excluding carboxylic acids is 1.